The van der Waals surface area contributed by atoms with Crippen LogP contribution in [0, 0.1) is 0 Å². The van der Waals surface area contributed by atoms with Crippen LogP contribution in [-0.4, -0.2) is 34.8 Å². The molecule has 9 heteroatoms. The number of carbonyl (C=O) groups excluding carboxylic acids is 1. The number of benzene rings is 1. The quantitative estimate of drug-likeness (QED) is 0.722. The summed E-state index contributed by atoms with van der Waals surface area (Å²) in [5.74, 6) is -1.77. The lowest BCUT2D eigenvalue weighted by molar-refractivity contribution is -0.136. The van der Waals surface area contributed by atoms with Crippen LogP contribution in [0.4, 0.5) is 0 Å². The van der Waals surface area contributed by atoms with Gasteiger partial charge in [-0.05, 0) is 5.56 Å². The number of aliphatic carboxylic acids is 1. The van der Waals surface area contributed by atoms with Gasteiger partial charge in [-0.2, -0.15) is 8.42 Å². The van der Waals surface area contributed by atoms with E-state index in [0.29, 0.717) is 10.7 Å². The number of nitrogens with zero attached hydrogens (tertiary/aromatic N) is 1. The second-order valence-corrected chi connectivity index (χ2v) is 7.20. The van der Waals surface area contributed by atoms with Crippen LogP contribution in [0.2, 0.25) is 0 Å². The lowest BCUT2D eigenvalue weighted by Crippen LogP contribution is -2.23. The first-order valence-corrected chi connectivity index (χ1v) is 8.84. The van der Waals surface area contributed by atoms with Crippen LogP contribution in [-0.2, 0) is 32.5 Å². The van der Waals surface area contributed by atoms with Gasteiger partial charge in [0.15, 0.2) is 11.0 Å². The Kier molecular flexibility index (Phi) is 5.24. The summed E-state index contributed by atoms with van der Waals surface area (Å²) in [6.07, 6.45) is -0.575. The summed E-state index contributed by atoms with van der Waals surface area (Å²) < 4.78 is 32.5. The molecule has 7 nitrogen and oxygen atoms in total. The van der Waals surface area contributed by atoms with E-state index in [1.165, 1.54) is 17.5 Å². The molecule has 0 aliphatic carbocycles. The lowest BCUT2D eigenvalue weighted by Gasteiger charge is -2.12. The molecule has 0 amide bonds. The Labute approximate surface area is 136 Å². The zero-order chi connectivity index (χ0) is 17.0. The zero-order valence-corrected chi connectivity index (χ0v) is 13.4. The molecule has 0 spiro atoms. The molecule has 0 aliphatic rings. The summed E-state index contributed by atoms with van der Waals surface area (Å²) in [5.41, 5.74) is 0.468. The fourth-order valence-corrected chi connectivity index (χ4v) is 3.78. The highest BCUT2D eigenvalue weighted by Gasteiger charge is 2.32. The fraction of sp³-hybridized carbons (Fsp3) is 0.214. The van der Waals surface area contributed by atoms with Crippen molar-refractivity contribution in [2.45, 2.75) is 18.1 Å². The maximum absolute atomic E-state index is 12.3. The maximum atomic E-state index is 12.3. The van der Waals surface area contributed by atoms with Crippen LogP contribution >= 0.6 is 11.3 Å². The molecule has 0 radical (unpaired) electrons. The van der Waals surface area contributed by atoms with Crippen molar-refractivity contribution >= 4 is 33.2 Å². The van der Waals surface area contributed by atoms with E-state index in [4.69, 9.17) is 5.11 Å². The average molecular weight is 355 g/mol. The first-order chi connectivity index (χ1) is 10.8. The molecule has 0 saturated carbocycles. The summed E-state index contributed by atoms with van der Waals surface area (Å²) in [5, 5.41) is 8.81. The van der Waals surface area contributed by atoms with Gasteiger partial charge in [0.05, 0.1) is 18.5 Å². The van der Waals surface area contributed by atoms with Crippen molar-refractivity contribution in [2.24, 2.45) is 0 Å². The molecule has 1 aromatic carbocycles. The molecule has 0 fully saturated rings. The smallest absolute Gasteiger partial charge is 0.309 e. The average Bonchev–Trinajstić information content (AvgIpc) is 2.84. The number of carboxylic acids is 1. The van der Waals surface area contributed by atoms with Crippen molar-refractivity contribution in [1.29, 1.82) is 0 Å². The van der Waals surface area contributed by atoms with Crippen molar-refractivity contribution in [3.63, 3.8) is 0 Å². The third-order valence-corrected chi connectivity index (χ3v) is 4.98. The van der Waals surface area contributed by atoms with E-state index in [-0.39, 0.29) is 18.4 Å². The van der Waals surface area contributed by atoms with Crippen molar-refractivity contribution in [3.05, 3.63) is 52.0 Å². The van der Waals surface area contributed by atoms with Crippen LogP contribution in [0.3, 0.4) is 0 Å². The van der Waals surface area contributed by atoms with E-state index in [2.05, 4.69) is 4.98 Å². The van der Waals surface area contributed by atoms with Gasteiger partial charge in [-0.3, -0.25) is 14.1 Å². The third kappa shape index (κ3) is 4.68. The monoisotopic (exact) mass is 355 g/mol. The normalized spacial score (nSPS) is 12.7. The van der Waals surface area contributed by atoms with Crippen LogP contribution in [0.25, 0.3) is 0 Å². The Morgan fingerprint density at radius 3 is 2.39 bits per heavy atom. The summed E-state index contributed by atoms with van der Waals surface area (Å²) in [6, 6.07) is 7.67. The van der Waals surface area contributed by atoms with Crippen molar-refractivity contribution < 1.29 is 27.7 Å². The molecule has 2 N–H and O–H groups in total. The molecule has 0 aliphatic heterocycles. The summed E-state index contributed by atoms with van der Waals surface area (Å²) in [7, 11) is -4.62. The minimum Gasteiger partial charge on any atom is -0.481 e. The predicted molar refractivity (Wildman–Crippen MR) is 82.9 cm³/mol. The molecule has 122 valence electrons. The van der Waals surface area contributed by atoms with E-state index in [9.17, 15) is 22.6 Å². The van der Waals surface area contributed by atoms with Gasteiger partial charge in [0.2, 0.25) is 0 Å². The maximum Gasteiger partial charge on any atom is 0.309 e. The molecule has 23 heavy (non-hydrogen) atoms. The SMILES string of the molecule is O=C(O)Cc1csc(CC(=O)C(c2ccccc2)S(=O)(=O)O)n1. The van der Waals surface area contributed by atoms with Crippen molar-refractivity contribution in [1.82, 2.24) is 4.98 Å². The topological polar surface area (TPSA) is 122 Å². The summed E-state index contributed by atoms with van der Waals surface area (Å²) in [6.45, 7) is 0. The van der Waals surface area contributed by atoms with Crippen LogP contribution in [0.1, 0.15) is 21.5 Å². The Morgan fingerprint density at radius 1 is 1.17 bits per heavy atom. The lowest BCUT2D eigenvalue weighted by atomic mass is 10.1. The van der Waals surface area contributed by atoms with E-state index < -0.39 is 27.1 Å². The number of hydrogen-bond donors (Lipinski definition) is 2. The number of carbonyl (C=O) groups is 2. The van der Waals surface area contributed by atoms with Gasteiger partial charge in [-0.25, -0.2) is 4.98 Å². The number of hydrogen-bond acceptors (Lipinski definition) is 6. The highest BCUT2D eigenvalue weighted by Crippen LogP contribution is 2.25. The van der Waals surface area contributed by atoms with Gasteiger partial charge < -0.3 is 5.11 Å². The molecule has 1 atom stereocenters. The van der Waals surface area contributed by atoms with Gasteiger partial charge in [0.1, 0.15) is 5.01 Å². The second kappa shape index (κ2) is 6.99. The third-order valence-electron chi connectivity index (χ3n) is 2.95. The van der Waals surface area contributed by atoms with Crippen LogP contribution < -0.4 is 0 Å². The number of thiazole rings is 1. The minimum absolute atomic E-state index is 0.169. The van der Waals surface area contributed by atoms with E-state index in [1.807, 2.05) is 0 Å². The van der Waals surface area contributed by atoms with Gasteiger partial charge >= 0.3 is 5.97 Å². The number of rotatable bonds is 7. The van der Waals surface area contributed by atoms with Crippen molar-refractivity contribution in [3.8, 4) is 0 Å². The highest BCUT2D eigenvalue weighted by atomic mass is 32.2. The standard InChI is InChI=1S/C14H13NO6S2/c16-11(7-12-15-10(8-22-12)6-13(17)18)14(23(19,20)21)9-4-2-1-3-5-9/h1-5,8,14H,6-7H2,(H,17,18)(H,19,20,21). The van der Waals surface area contributed by atoms with Crippen LogP contribution in [0.5, 0.6) is 0 Å². The number of ketones is 1. The van der Waals surface area contributed by atoms with Crippen LogP contribution in [0.15, 0.2) is 35.7 Å². The first-order valence-electron chi connectivity index (χ1n) is 6.46. The molecule has 0 saturated heterocycles. The van der Waals surface area contributed by atoms with E-state index in [1.54, 1.807) is 18.2 Å². The minimum atomic E-state index is -4.62. The number of Topliss-reactive ketones (excluding diaryl/α,β-unsaturated/α-hetero) is 1. The Hall–Kier alpha value is -2.10. The molecular formula is C14H13NO6S2. The molecule has 1 aromatic heterocycles. The summed E-state index contributed by atoms with van der Waals surface area (Å²) >= 11 is 1.07. The summed E-state index contributed by atoms with van der Waals surface area (Å²) in [4.78, 5) is 26.9. The Balaban J connectivity index is 2.22. The van der Waals surface area contributed by atoms with Gasteiger partial charge in [-0.1, -0.05) is 30.3 Å². The fourth-order valence-electron chi connectivity index (χ4n) is 2.06. The first kappa shape index (κ1) is 17.3. The number of aromatic nitrogens is 1. The van der Waals surface area contributed by atoms with Crippen molar-refractivity contribution in [2.75, 3.05) is 0 Å². The molecule has 1 heterocycles. The van der Waals surface area contributed by atoms with E-state index >= 15 is 0 Å². The van der Waals surface area contributed by atoms with Gasteiger partial charge in [0.25, 0.3) is 10.1 Å². The second-order valence-electron chi connectivity index (χ2n) is 4.75. The predicted octanol–water partition coefficient (Wildman–Crippen LogP) is 1.51. The van der Waals surface area contributed by atoms with Gasteiger partial charge in [0, 0.05) is 5.38 Å². The molecule has 2 rings (SSSR count). The highest BCUT2D eigenvalue weighted by molar-refractivity contribution is 7.86. The Morgan fingerprint density at radius 2 is 1.83 bits per heavy atom. The van der Waals surface area contributed by atoms with E-state index in [0.717, 1.165) is 11.3 Å². The zero-order valence-electron chi connectivity index (χ0n) is 11.7. The number of carboxylic acid groups (broad SMARTS) is 1. The molecule has 2 aromatic rings. The molecule has 0 bridgehead atoms. The molecule has 1 unspecified atom stereocenters. The van der Waals surface area contributed by atoms with Gasteiger partial charge in [-0.15, -0.1) is 11.3 Å². The molecular weight excluding hydrogens is 342 g/mol. The Bertz CT molecular complexity index is 813. The largest absolute Gasteiger partial charge is 0.481 e.